The van der Waals surface area contributed by atoms with Crippen molar-refractivity contribution in [2.75, 3.05) is 18.9 Å². The van der Waals surface area contributed by atoms with E-state index in [0.29, 0.717) is 31.7 Å². The number of nitrogens with two attached hydrogens (primary N) is 1. The fourth-order valence-electron chi connectivity index (χ4n) is 2.61. The molecule has 0 aromatic carbocycles. The molecule has 7 heteroatoms. The second-order valence-corrected chi connectivity index (χ2v) is 5.08. The summed E-state index contributed by atoms with van der Waals surface area (Å²) in [6, 6.07) is -0.535. The average Bonchev–Trinajstić information content (AvgIpc) is 2.87. The maximum Gasteiger partial charge on any atom is 0.328 e. The first-order chi connectivity index (χ1) is 10.1. The molecule has 0 saturated carbocycles. The topological polar surface area (TPSA) is 101 Å². The number of aromatic nitrogens is 2. The van der Waals surface area contributed by atoms with Crippen molar-refractivity contribution in [2.24, 2.45) is 0 Å². The molecule has 1 aliphatic rings. The number of hydrogen-bond donors (Lipinski definition) is 2. The molecule has 0 radical (unpaired) electrons. The first kappa shape index (κ1) is 15.3. The van der Waals surface area contributed by atoms with Gasteiger partial charge in [0.1, 0.15) is 6.04 Å². The first-order valence-electron chi connectivity index (χ1n) is 7.40. The van der Waals surface area contributed by atoms with Crippen LogP contribution in [0.5, 0.6) is 0 Å². The minimum absolute atomic E-state index is 0.197. The zero-order chi connectivity index (χ0) is 15.4. The predicted molar refractivity (Wildman–Crippen MR) is 77.7 cm³/mol. The first-order valence-corrected chi connectivity index (χ1v) is 7.40. The van der Waals surface area contributed by atoms with Gasteiger partial charge in [0.25, 0.3) is 5.91 Å². The van der Waals surface area contributed by atoms with Crippen LogP contribution in [0.15, 0.2) is 0 Å². The Morgan fingerprint density at radius 2 is 2.19 bits per heavy atom. The molecule has 7 nitrogen and oxygen atoms in total. The van der Waals surface area contributed by atoms with Gasteiger partial charge < -0.3 is 15.4 Å². The highest BCUT2D eigenvalue weighted by Gasteiger charge is 2.35. The summed E-state index contributed by atoms with van der Waals surface area (Å²) in [6.45, 7) is 4.52. The molecule has 116 valence electrons. The number of carbonyl (C=O) groups is 2. The largest absolute Gasteiger partial charge is 0.464 e. The Bertz CT molecular complexity index is 526. The number of nitrogens with zero attached hydrogens (tertiary/aromatic N) is 2. The molecule has 1 aromatic heterocycles. The Hall–Kier alpha value is -2.05. The van der Waals surface area contributed by atoms with Crippen LogP contribution in [0, 0.1) is 0 Å². The van der Waals surface area contributed by atoms with Crippen molar-refractivity contribution < 1.29 is 14.3 Å². The summed E-state index contributed by atoms with van der Waals surface area (Å²) in [7, 11) is 0. The summed E-state index contributed by atoms with van der Waals surface area (Å²) in [5.41, 5.74) is 7.25. The third-order valence-electron chi connectivity index (χ3n) is 3.76. The lowest BCUT2D eigenvalue weighted by Gasteiger charge is -2.33. The molecule has 1 aromatic rings. The van der Waals surface area contributed by atoms with Crippen molar-refractivity contribution in [3.05, 3.63) is 11.4 Å². The highest BCUT2D eigenvalue weighted by Crippen LogP contribution is 2.23. The molecule has 0 spiro atoms. The number of nitrogens with one attached hydrogen (secondary N) is 1. The van der Waals surface area contributed by atoms with Gasteiger partial charge in [-0.2, -0.15) is 5.10 Å². The van der Waals surface area contributed by atoms with Crippen molar-refractivity contribution in [2.45, 2.75) is 45.6 Å². The van der Waals surface area contributed by atoms with Crippen molar-refractivity contribution in [3.63, 3.8) is 0 Å². The standard InChI is InChI=1S/C14H22N4O3/c1-3-9-11(15)12(17-16-9)13(19)18-8-6-5-7-10(18)14(20)21-4-2/h10H,3-8,15H2,1-2H3,(H,16,17). The van der Waals surface area contributed by atoms with Crippen LogP contribution in [0.3, 0.4) is 0 Å². The van der Waals surface area contributed by atoms with Crippen molar-refractivity contribution in [1.29, 1.82) is 0 Å². The van der Waals surface area contributed by atoms with E-state index in [-0.39, 0.29) is 17.6 Å². The van der Waals surface area contributed by atoms with Gasteiger partial charge in [-0.3, -0.25) is 9.89 Å². The Labute approximate surface area is 123 Å². The smallest absolute Gasteiger partial charge is 0.328 e. The van der Waals surface area contributed by atoms with E-state index in [1.54, 1.807) is 6.92 Å². The van der Waals surface area contributed by atoms with Gasteiger partial charge >= 0.3 is 5.97 Å². The van der Waals surface area contributed by atoms with Gasteiger partial charge in [0.05, 0.1) is 18.0 Å². The van der Waals surface area contributed by atoms with Gasteiger partial charge in [0.15, 0.2) is 5.69 Å². The Morgan fingerprint density at radius 1 is 1.43 bits per heavy atom. The van der Waals surface area contributed by atoms with Crippen LogP contribution in [0.25, 0.3) is 0 Å². The number of ether oxygens (including phenoxy) is 1. The van der Waals surface area contributed by atoms with Crippen LogP contribution in [-0.2, 0) is 16.0 Å². The molecule has 1 fully saturated rings. The van der Waals surface area contributed by atoms with Crippen molar-refractivity contribution in [3.8, 4) is 0 Å². The summed E-state index contributed by atoms with van der Waals surface area (Å²) in [6.07, 6.45) is 3.07. The SMILES string of the molecule is CCOC(=O)C1CCCCN1C(=O)c1n[nH]c(CC)c1N. The summed E-state index contributed by atoms with van der Waals surface area (Å²) in [5, 5.41) is 6.78. The van der Waals surface area contributed by atoms with Gasteiger partial charge in [-0.15, -0.1) is 0 Å². The second-order valence-electron chi connectivity index (χ2n) is 5.08. The Morgan fingerprint density at radius 3 is 2.81 bits per heavy atom. The van der Waals surface area contributed by atoms with E-state index in [0.717, 1.165) is 18.5 Å². The predicted octanol–water partition coefficient (Wildman–Crippen LogP) is 1.11. The maximum atomic E-state index is 12.6. The quantitative estimate of drug-likeness (QED) is 0.810. The van der Waals surface area contributed by atoms with Gasteiger partial charge in [-0.1, -0.05) is 6.92 Å². The molecule has 1 aliphatic heterocycles. The van der Waals surface area contributed by atoms with Crippen molar-refractivity contribution >= 4 is 17.6 Å². The third-order valence-corrected chi connectivity index (χ3v) is 3.76. The van der Waals surface area contributed by atoms with Gasteiger partial charge in [-0.05, 0) is 32.6 Å². The second kappa shape index (κ2) is 6.60. The van der Waals surface area contributed by atoms with E-state index in [4.69, 9.17) is 10.5 Å². The summed E-state index contributed by atoms with van der Waals surface area (Å²) >= 11 is 0. The van der Waals surface area contributed by atoms with E-state index in [9.17, 15) is 9.59 Å². The number of nitrogen functional groups attached to an aromatic ring is 1. The number of aryl methyl sites for hydroxylation is 1. The lowest BCUT2D eigenvalue weighted by Crippen LogP contribution is -2.49. The number of hydrogen-bond acceptors (Lipinski definition) is 5. The molecule has 1 amide bonds. The Kier molecular flexibility index (Phi) is 4.82. The Balaban J connectivity index is 2.22. The monoisotopic (exact) mass is 294 g/mol. The number of piperidine rings is 1. The van der Waals surface area contributed by atoms with Crippen LogP contribution in [-0.4, -0.2) is 46.2 Å². The van der Waals surface area contributed by atoms with E-state index in [2.05, 4.69) is 10.2 Å². The molecular formula is C14H22N4O3. The van der Waals surface area contributed by atoms with Gasteiger partial charge in [0, 0.05) is 6.54 Å². The number of amides is 1. The fraction of sp³-hybridized carbons (Fsp3) is 0.643. The minimum Gasteiger partial charge on any atom is -0.464 e. The highest BCUT2D eigenvalue weighted by molar-refractivity contribution is 5.99. The molecule has 2 heterocycles. The number of esters is 1. The molecule has 21 heavy (non-hydrogen) atoms. The van der Waals surface area contributed by atoms with Crippen LogP contribution in [0.4, 0.5) is 5.69 Å². The van der Waals surface area contributed by atoms with Crippen LogP contribution < -0.4 is 5.73 Å². The minimum atomic E-state index is -0.535. The molecule has 2 rings (SSSR count). The van der Waals surface area contributed by atoms with Crippen LogP contribution in [0.2, 0.25) is 0 Å². The van der Waals surface area contributed by atoms with E-state index >= 15 is 0 Å². The highest BCUT2D eigenvalue weighted by atomic mass is 16.5. The molecular weight excluding hydrogens is 272 g/mol. The molecule has 1 atom stereocenters. The molecule has 0 aliphatic carbocycles. The molecule has 1 saturated heterocycles. The number of rotatable bonds is 4. The van der Waals surface area contributed by atoms with E-state index < -0.39 is 6.04 Å². The van der Waals surface area contributed by atoms with Gasteiger partial charge in [-0.25, -0.2) is 4.79 Å². The van der Waals surface area contributed by atoms with E-state index in [1.807, 2.05) is 6.92 Å². The van der Waals surface area contributed by atoms with Crippen LogP contribution in [0.1, 0.15) is 49.3 Å². The van der Waals surface area contributed by atoms with Crippen molar-refractivity contribution in [1.82, 2.24) is 15.1 Å². The number of H-pyrrole nitrogens is 1. The number of anilines is 1. The summed E-state index contributed by atoms with van der Waals surface area (Å²) in [4.78, 5) is 26.2. The zero-order valence-electron chi connectivity index (χ0n) is 12.5. The maximum absolute atomic E-state index is 12.6. The lowest BCUT2D eigenvalue weighted by atomic mass is 10.0. The number of aromatic amines is 1. The van der Waals surface area contributed by atoms with Gasteiger partial charge in [0.2, 0.25) is 0 Å². The average molecular weight is 294 g/mol. The fourth-order valence-corrected chi connectivity index (χ4v) is 2.61. The summed E-state index contributed by atoms with van der Waals surface area (Å²) < 4.78 is 5.06. The summed E-state index contributed by atoms with van der Waals surface area (Å²) in [5.74, 6) is -0.656. The zero-order valence-corrected chi connectivity index (χ0v) is 12.5. The molecule has 0 bridgehead atoms. The normalized spacial score (nSPS) is 18.6. The molecule has 1 unspecified atom stereocenters. The number of likely N-dealkylation sites (tertiary alicyclic amines) is 1. The number of carbonyl (C=O) groups excluding carboxylic acids is 2. The molecule has 3 N–H and O–H groups in total. The van der Waals surface area contributed by atoms with Crippen LogP contribution >= 0.6 is 0 Å². The van der Waals surface area contributed by atoms with E-state index in [1.165, 1.54) is 4.90 Å². The third kappa shape index (κ3) is 3.01. The lowest BCUT2D eigenvalue weighted by molar-refractivity contribution is -0.149.